The molecule has 0 saturated heterocycles. The second kappa shape index (κ2) is 11.8. The summed E-state index contributed by atoms with van der Waals surface area (Å²) in [6.07, 6.45) is 0. The second-order valence-corrected chi connectivity index (χ2v) is 2.69. The van der Waals surface area contributed by atoms with Gasteiger partial charge >= 0.3 is 0 Å². The first-order valence-corrected chi connectivity index (χ1v) is 4.46. The Labute approximate surface area is 80.3 Å². The Morgan fingerprint density at radius 3 is 1.00 bits per heavy atom. The lowest BCUT2D eigenvalue weighted by Gasteiger charge is -2.34. The van der Waals surface area contributed by atoms with Gasteiger partial charge < -0.3 is 9.96 Å². The van der Waals surface area contributed by atoms with Gasteiger partial charge in [-0.2, -0.15) is 0 Å². The van der Waals surface area contributed by atoms with Gasteiger partial charge in [0.05, 0.1) is 26.2 Å². The monoisotopic (exact) mass is 197 g/mol. The van der Waals surface area contributed by atoms with Gasteiger partial charge in [-0.1, -0.05) is 5.04 Å². The molecule has 0 aliphatic heterocycles. The predicted molar refractivity (Wildman–Crippen MR) is 50.7 cm³/mol. The van der Waals surface area contributed by atoms with Gasteiger partial charge in [0, 0.05) is 0 Å². The minimum Gasteiger partial charge on any atom is -0.870 e. The molecule has 0 aliphatic carbocycles. The van der Waals surface area contributed by atoms with E-state index in [1.165, 1.54) is 30.7 Å². The van der Waals surface area contributed by atoms with Crippen LogP contribution in [0, 0.1) is 0 Å². The van der Waals surface area contributed by atoms with Gasteiger partial charge in [-0.15, -0.1) is 0 Å². The van der Waals surface area contributed by atoms with Crippen molar-refractivity contribution >= 4 is 0 Å². The highest BCUT2D eigenvalue weighted by Gasteiger charge is 2.16. The summed E-state index contributed by atoms with van der Waals surface area (Å²) in [4.78, 5) is 0. The van der Waals surface area contributed by atoms with Crippen LogP contribution < -0.4 is 0 Å². The number of rotatable bonds is 4. The van der Waals surface area contributed by atoms with Crippen LogP contribution in [0.4, 0.5) is 0 Å². The van der Waals surface area contributed by atoms with Crippen molar-refractivity contribution in [1.82, 2.24) is 0 Å². The van der Waals surface area contributed by atoms with Crippen molar-refractivity contribution in [3.05, 3.63) is 0 Å². The topological polar surface area (TPSA) is 79.7 Å². The molecule has 0 fully saturated rings. The van der Waals surface area contributed by atoms with Gasteiger partial charge in [0.15, 0.2) is 0 Å². The number of nitrogens with zero attached hydrogens (tertiary/aromatic N) is 1. The summed E-state index contributed by atoms with van der Waals surface area (Å²) in [7, 11) is 0. The van der Waals surface area contributed by atoms with E-state index in [9.17, 15) is 0 Å². The van der Waals surface area contributed by atoms with Crippen molar-refractivity contribution in [3.8, 4) is 0 Å². The van der Waals surface area contributed by atoms with Gasteiger partial charge in [0.2, 0.25) is 0 Å². The van der Waals surface area contributed by atoms with Crippen LogP contribution in [0.2, 0.25) is 0 Å². The minimum atomic E-state index is 0. The Morgan fingerprint density at radius 2 is 1.00 bits per heavy atom. The molecular formula is C8H23NO4. The lowest BCUT2D eigenvalue weighted by atomic mass is 10.3. The van der Waals surface area contributed by atoms with E-state index < -0.39 is 0 Å². The van der Waals surface area contributed by atoms with Crippen LogP contribution in [-0.2, 0) is 5.04 Å². The highest BCUT2D eigenvalue weighted by atomic mass is 17.4. The van der Waals surface area contributed by atoms with E-state index in [2.05, 4.69) is 32.7 Å². The first kappa shape index (κ1) is 18.6. The third kappa shape index (κ3) is 8.14. The smallest absolute Gasteiger partial charge is 0.0757 e. The van der Waals surface area contributed by atoms with Crippen molar-refractivity contribution in [1.29, 1.82) is 0 Å². The molecule has 0 saturated carbocycles. The fraction of sp³-hybridized carbons (Fsp3) is 1.00. The van der Waals surface area contributed by atoms with Crippen molar-refractivity contribution < 1.29 is 25.5 Å². The molecule has 0 aromatic carbocycles. The zero-order valence-corrected chi connectivity index (χ0v) is 9.03. The van der Waals surface area contributed by atoms with Gasteiger partial charge in [-0.25, -0.2) is 10.5 Å². The lowest BCUT2D eigenvalue weighted by molar-refractivity contribution is -0.921. The summed E-state index contributed by atoms with van der Waals surface area (Å²) in [5.74, 6) is 0. The number of hydrogen-bond donors (Lipinski definition) is 2. The Morgan fingerprint density at radius 1 is 0.846 bits per heavy atom. The molecular weight excluding hydrogens is 174 g/mol. The number of hydrogen-bond acceptors (Lipinski definition) is 4. The minimum absolute atomic E-state index is 0. The first-order chi connectivity index (χ1) is 5.66. The molecule has 0 unspecified atom stereocenters. The molecule has 0 spiro atoms. The SMILES string of the molecule is CC[N+](CC)(CC)CC.OOO.[OH-]. The van der Waals surface area contributed by atoms with Crippen LogP contribution in [0.15, 0.2) is 0 Å². The largest absolute Gasteiger partial charge is 0.870 e. The Hall–Kier alpha value is -0.200. The molecule has 0 bridgehead atoms. The van der Waals surface area contributed by atoms with Crippen LogP contribution in [0.1, 0.15) is 27.7 Å². The molecule has 0 amide bonds. The molecule has 0 aliphatic rings. The fourth-order valence-corrected chi connectivity index (χ4v) is 1.34. The average Bonchev–Trinajstić information content (AvgIpc) is 2.11. The molecule has 84 valence electrons. The zero-order valence-electron chi connectivity index (χ0n) is 9.03. The van der Waals surface area contributed by atoms with E-state index in [-0.39, 0.29) is 5.48 Å². The summed E-state index contributed by atoms with van der Waals surface area (Å²) in [6.45, 7) is 14.2. The third-order valence-electron chi connectivity index (χ3n) is 2.68. The van der Waals surface area contributed by atoms with E-state index in [1.54, 1.807) is 0 Å². The van der Waals surface area contributed by atoms with Crippen molar-refractivity contribution in [3.63, 3.8) is 0 Å². The second-order valence-electron chi connectivity index (χ2n) is 2.69. The molecule has 5 heteroatoms. The molecule has 0 aromatic heterocycles. The Kier molecular flexibility index (Phi) is 16.8. The maximum atomic E-state index is 6.62. The van der Waals surface area contributed by atoms with Gasteiger partial charge in [-0.3, -0.25) is 0 Å². The van der Waals surface area contributed by atoms with E-state index in [0.717, 1.165) is 0 Å². The van der Waals surface area contributed by atoms with E-state index in [1.807, 2.05) is 0 Å². The fourth-order valence-electron chi connectivity index (χ4n) is 1.34. The highest BCUT2D eigenvalue weighted by Crippen LogP contribution is 2.03. The van der Waals surface area contributed by atoms with Crippen LogP contribution in [0.3, 0.4) is 0 Å². The first-order valence-electron chi connectivity index (χ1n) is 4.46. The maximum Gasteiger partial charge on any atom is 0.0757 e. The number of quaternary nitrogens is 1. The molecule has 3 N–H and O–H groups in total. The van der Waals surface area contributed by atoms with Crippen molar-refractivity contribution in [2.75, 3.05) is 26.2 Å². The molecule has 0 heterocycles. The maximum absolute atomic E-state index is 6.62. The summed E-state index contributed by atoms with van der Waals surface area (Å²) in [5, 5.41) is 15.5. The molecule has 13 heavy (non-hydrogen) atoms. The third-order valence-corrected chi connectivity index (χ3v) is 2.68. The summed E-state index contributed by atoms with van der Waals surface area (Å²) in [6, 6.07) is 0. The quantitative estimate of drug-likeness (QED) is 0.408. The van der Waals surface area contributed by atoms with Gasteiger partial charge in [-0.05, 0) is 27.7 Å². The van der Waals surface area contributed by atoms with E-state index in [0.29, 0.717) is 0 Å². The van der Waals surface area contributed by atoms with Gasteiger partial charge in [0.1, 0.15) is 0 Å². The summed E-state index contributed by atoms with van der Waals surface area (Å²) in [5.41, 5.74) is 0. The summed E-state index contributed by atoms with van der Waals surface area (Å²) >= 11 is 0. The standard InChI is InChI=1S/C8H20N.H2O3.H2O/c1-5-9(6-2,7-3)8-4;1-3-2;/h5-8H2,1-4H3;1-2H;1H2/q+1;;/p-1. The van der Waals surface area contributed by atoms with Crippen molar-refractivity contribution in [2.45, 2.75) is 27.7 Å². The van der Waals surface area contributed by atoms with E-state index in [4.69, 9.17) is 10.5 Å². The van der Waals surface area contributed by atoms with E-state index >= 15 is 0 Å². The molecule has 0 atom stereocenters. The van der Waals surface area contributed by atoms with Crippen LogP contribution in [-0.4, -0.2) is 46.7 Å². The molecule has 5 nitrogen and oxygen atoms in total. The molecule has 0 rings (SSSR count). The predicted octanol–water partition coefficient (Wildman–Crippen LogP) is 1.66. The highest BCUT2D eigenvalue weighted by molar-refractivity contribution is 4.31. The van der Waals surface area contributed by atoms with Crippen LogP contribution in [0.25, 0.3) is 0 Å². The molecule has 0 radical (unpaired) electrons. The lowest BCUT2D eigenvalue weighted by Crippen LogP contribution is -2.47. The zero-order chi connectivity index (χ0) is 10.0. The normalized spacial score (nSPS) is 9.69. The van der Waals surface area contributed by atoms with Gasteiger partial charge in [0.25, 0.3) is 0 Å². The molecule has 0 aromatic rings. The average molecular weight is 197 g/mol. The Bertz CT molecular complexity index is 68.7. The van der Waals surface area contributed by atoms with Crippen molar-refractivity contribution in [2.24, 2.45) is 0 Å². The van der Waals surface area contributed by atoms with Crippen LogP contribution in [0.5, 0.6) is 0 Å². The Balaban J connectivity index is -0.000000220. The summed E-state index contributed by atoms with van der Waals surface area (Å²) < 4.78 is 1.28. The van der Waals surface area contributed by atoms with Crippen LogP contribution >= 0.6 is 0 Å².